The smallest absolute Gasteiger partial charge is 0.0696 e. The number of rotatable bonds is 4. The molecule has 0 bridgehead atoms. The van der Waals surface area contributed by atoms with Crippen LogP contribution in [-0.4, -0.2) is 9.78 Å². The lowest BCUT2D eigenvalue weighted by atomic mass is 10.0. The van der Waals surface area contributed by atoms with Gasteiger partial charge < -0.3 is 5.73 Å². The zero-order valence-electron chi connectivity index (χ0n) is 10.1. The minimum Gasteiger partial charge on any atom is -0.322 e. The quantitative estimate of drug-likeness (QED) is 0.889. The number of aryl methyl sites for hydroxylation is 1. The Morgan fingerprint density at radius 1 is 1.39 bits per heavy atom. The van der Waals surface area contributed by atoms with Crippen molar-refractivity contribution in [3.63, 3.8) is 0 Å². The zero-order valence-corrected chi connectivity index (χ0v) is 13.3. The zero-order chi connectivity index (χ0) is 13.1. The Morgan fingerprint density at radius 3 is 2.83 bits per heavy atom. The predicted octanol–water partition coefficient (Wildman–Crippen LogP) is 3.67. The fourth-order valence-electron chi connectivity index (χ4n) is 2.01. The standard InChI is InChI=1S/C13H15Br2N3/c1-2-18-13(11(15)8-17-18)12(16)7-9-4-3-5-10(14)6-9/h3-6,8,12H,2,7,16H2,1H3. The predicted molar refractivity (Wildman–Crippen MR) is 80.4 cm³/mol. The van der Waals surface area contributed by atoms with E-state index in [1.807, 2.05) is 16.8 Å². The minimum atomic E-state index is -0.0591. The van der Waals surface area contributed by atoms with Gasteiger partial charge in [-0.05, 0) is 47.0 Å². The third kappa shape index (κ3) is 3.02. The molecule has 96 valence electrons. The van der Waals surface area contributed by atoms with Crippen molar-refractivity contribution in [2.24, 2.45) is 5.73 Å². The molecule has 1 atom stereocenters. The molecule has 3 nitrogen and oxygen atoms in total. The van der Waals surface area contributed by atoms with Gasteiger partial charge in [-0.3, -0.25) is 4.68 Å². The number of nitrogens with zero attached hydrogens (tertiary/aromatic N) is 2. The molecule has 0 fully saturated rings. The van der Waals surface area contributed by atoms with Gasteiger partial charge in [0.05, 0.1) is 22.4 Å². The molecule has 2 rings (SSSR count). The van der Waals surface area contributed by atoms with Gasteiger partial charge in [-0.15, -0.1) is 0 Å². The van der Waals surface area contributed by atoms with Crippen molar-refractivity contribution in [3.05, 3.63) is 50.7 Å². The summed E-state index contributed by atoms with van der Waals surface area (Å²) >= 11 is 6.99. The van der Waals surface area contributed by atoms with Crippen LogP contribution < -0.4 is 5.73 Å². The van der Waals surface area contributed by atoms with E-state index in [0.29, 0.717) is 0 Å². The number of benzene rings is 1. The summed E-state index contributed by atoms with van der Waals surface area (Å²) in [4.78, 5) is 0. The van der Waals surface area contributed by atoms with Gasteiger partial charge >= 0.3 is 0 Å². The van der Waals surface area contributed by atoms with Gasteiger partial charge in [0.1, 0.15) is 0 Å². The third-order valence-electron chi connectivity index (χ3n) is 2.83. The van der Waals surface area contributed by atoms with Crippen molar-refractivity contribution < 1.29 is 0 Å². The van der Waals surface area contributed by atoms with Crippen LogP contribution in [0.5, 0.6) is 0 Å². The largest absolute Gasteiger partial charge is 0.322 e. The highest BCUT2D eigenvalue weighted by Gasteiger charge is 2.16. The summed E-state index contributed by atoms with van der Waals surface area (Å²) in [6.07, 6.45) is 2.60. The first kappa shape index (κ1) is 13.8. The summed E-state index contributed by atoms with van der Waals surface area (Å²) in [5.74, 6) is 0. The summed E-state index contributed by atoms with van der Waals surface area (Å²) in [6, 6.07) is 8.17. The molecule has 1 aromatic heterocycles. The molecule has 1 aromatic carbocycles. The van der Waals surface area contributed by atoms with Crippen LogP contribution in [0.25, 0.3) is 0 Å². The highest BCUT2D eigenvalue weighted by atomic mass is 79.9. The van der Waals surface area contributed by atoms with E-state index in [4.69, 9.17) is 5.73 Å². The monoisotopic (exact) mass is 371 g/mol. The second-order valence-corrected chi connectivity index (χ2v) is 5.90. The third-order valence-corrected chi connectivity index (χ3v) is 3.93. The lowest BCUT2D eigenvalue weighted by Gasteiger charge is -2.14. The van der Waals surface area contributed by atoms with Crippen molar-refractivity contribution >= 4 is 31.9 Å². The Labute approximate surface area is 124 Å². The molecular weight excluding hydrogens is 358 g/mol. The van der Waals surface area contributed by atoms with E-state index in [-0.39, 0.29) is 6.04 Å². The van der Waals surface area contributed by atoms with E-state index >= 15 is 0 Å². The molecule has 0 saturated heterocycles. The van der Waals surface area contributed by atoms with E-state index in [9.17, 15) is 0 Å². The number of halogens is 2. The van der Waals surface area contributed by atoms with Gasteiger partial charge in [-0.1, -0.05) is 28.1 Å². The number of hydrogen-bond acceptors (Lipinski definition) is 2. The molecule has 18 heavy (non-hydrogen) atoms. The van der Waals surface area contributed by atoms with Gasteiger partial charge in [0.25, 0.3) is 0 Å². The van der Waals surface area contributed by atoms with Gasteiger partial charge in [0, 0.05) is 11.0 Å². The van der Waals surface area contributed by atoms with Crippen LogP contribution in [0.3, 0.4) is 0 Å². The fourth-order valence-corrected chi connectivity index (χ4v) is 3.04. The van der Waals surface area contributed by atoms with E-state index < -0.39 is 0 Å². The molecule has 0 aliphatic heterocycles. The van der Waals surface area contributed by atoms with Crippen LogP contribution in [0.2, 0.25) is 0 Å². The highest BCUT2D eigenvalue weighted by molar-refractivity contribution is 9.10. The van der Waals surface area contributed by atoms with Crippen molar-refractivity contribution in [2.45, 2.75) is 25.9 Å². The Bertz CT molecular complexity index is 537. The molecular formula is C13H15Br2N3. The normalized spacial score (nSPS) is 12.7. The van der Waals surface area contributed by atoms with Crippen LogP contribution in [0.1, 0.15) is 24.2 Å². The molecule has 0 saturated carbocycles. The second kappa shape index (κ2) is 5.99. The maximum atomic E-state index is 6.29. The fraction of sp³-hybridized carbons (Fsp3) is 0.308. The molecule has 0 amide bonds. The Balaban J connectivity index is 2.21. The number of aromatic nitrogens is 2. The number of hydrogen-bond donors (Lipinski definition) is 1. The lowest BCUT2D eigenvalue weighted by Crippen LogP contribution is -2.18. The average molecular weight is 373 g/mol. The molecule has 0 spiro atoms. The summed E-state index contributed by atoms with van der Waals surface area (Å²) in [5, 5.41) is 4.29. The summed E-state index contributed by atoms with van der Waals surface area (Å²) in [6.45, 7) is 2.89. The highest BCUT2D eigenvalue weighted by Crippen LogP contribution is 2.25. The van der Waals surface area contributed by atoms with Crippen molar-refractivity contribution in [1.82, 2.24) is 9.78 Å². The van der Waals surface area contributed by atoms with E-state index in [1.54, 1.807) is 6.20 Å². The van der Waals surface area contributed by atoms with Crippen molar-refractivity contribution in [1.29, 1.82) is 0 Å². The Hall–Kier alpha value is -0.650. The van der Waals surface area contributed by atoms with Gasteiger partial charge in [0.2, 0.25) is 0 Å². The van der Waals surface area contributed by atoms with Crippen molar-refractivity contribution in [3.8, 4) is 0 Å². The molecule has 5 heteroatoms. The molecule has 0 radical (unpaired) electrons. The maximum absolute atomic E-state index is 6.29. The first-order chi connectivity index (χ1) is 8.61. The molecule has 0 aliphatic carbocycles. The summed E-state index contributed by atoms with van der Waals surface area (Å²) in [5.41, 5.74) is 8.56. The number of nitrogens with two attached hydrogens (primary N) is 1. The molecule has 0 aliphatic rings. The Kier molecular flexibility index (Phi) is 4.59. The molecule has 1 unspecified atom stereocenters. The first-order valence-corrected chi connectivity index (χ1v) is 7.41. The van der Waals surface area contributed by atoms with Gasteiger partial charge in [-0.2, -0.15) is 5.10 Å². The molecule has 2 N–H and O–H groups in total. The minimum absolute atomic E-state index is 0.0591. The van der Waals surface area contributed by atoms with Crippen LogP contribution in [0.15, 0.2) is 39.4 Å². The van der Waals surface area contributed by atoms with Gasteiger partial charge in [-0.25, -0.2) is 0 Å². The topological polar surface area (TPSA) is 43.8 Å². The van der Waals surface area contributed by atoms with E-state index in [0.717, 1.165) is 27.6 Å². The maximum Gasteiger partial charge on any atom is 0.0696 e. The summed E-state index contributed by atoms with van der Waals surface area (Å²) in [7, 11) is 0. The molecule has 1 heterocycles. The van der Waals surface area contributed by atoms with Crippen LogP contribution in [-0.2, 0) is 13.0 Å². The summed E-state index contributed by atoms with van der Waals surface area (Å²) < 4.78 is 3.99. The van der Waals surface area contributed by atoms with Crippen LogP contribution >= 0.6 is 31.9 Å². The SMILES string of the molecule is CCn1ncc(Br)c1C(N)Cc1cccc(Br)c1. The molecule has 2 aromatic rings. The van der Waals surface area contributed by atoms with Crippen LogP contribution in [0, 0.1) is 0 Å². The second-order valence-electron chi connectivity index (χ2n) is 4.13. The lowest BCUT2D eigenvalue weighted by molar-refractivity contribution is 0.567. The Morgan fingerprint density at radius 2 is 2.17 bits per heavy atom. The van der Waals surface area contributed by atoms with Gasteiger partial charge in [0.15, 0.2) is 0 Å². The van der Waals surface area contributed by atoms with Crippen molar-refractivity contribution in [2.75, 3.05) is 0 Å². The first-order valence-electron chi connectivity index (χ1n) is 5.83. The van der Waals surface area contributed by atoms with Crippen LogP contribution in [0.4, 0.5) is 0 Å². The average Bonchev–Trinajstić information content (AvgIpc) is 2.70. The van der Waals surface area contributed by atoms with E-state index in [1.165, 1.54) is 5.56 Å². The van der Waals surface area contributed by atoms with E-state index in [2.05, 4.69) is 56.0 Å².